The molecule has 2 atom stereocenters. The summed E-state index contributed by atoms with van der Waals surface area (Å²) in [6, 6.07) is 22.0. The van der Waals surface area contributed by atoms with Crippen LogP contribution in [0.15, 0.2) is 79.1 Å². The van der Waals surface area contributed by atoms with Gasteiger partial charge in [0.2, 0.25) is 0 Å². The van der Waals surface area contributed by atoms with E-state index in [9.17, 15) is 9.59 Å². The molecule has 2 unspecified atom stereocenters. The van der Waals surface area contributed by atoms with Gasteiger partial charge in [-0.1, -0.05) is 54.6 Å². The zero-order valence-electron chi connectivity index (χ0n) is 24.2. The van der Waals surface area contributed by atoms with Crippen molar-refractivity contribution in [3.63, 3.8) is 0 Å². The molecule has 1 saturated heterocycles. The van der Waals surface area contributed by atoms with E-state index in [1.54, 1.807) is 17.3 Å². The largest absolute Gasteiger partial charge is 0.444 e. The minimum atomic E-state index is -0.607. The smallest absolute Gasteiger partial charge is 0.410 e. The molecule has 2 aliphatic heterocycles. The summed E-state index contributed by atoms with van der Waals surface area (Å²) in [6.07, 6.45) is 3.81. The first-order valence-corrected chi connectivity index (χ1v) is 14.4. The van der Waals surface area contributed by atoms with Crippen LogP contribution in [-0.4, -0.2) is 68.4 Å². The normalized spacial score (nSPS) is 18.5. The third-order valence-corrected chi connectivity index (χ3v) is 7.88. The first-order chi connectivity index (χ1) is 20.2. The summed E-state index contributed by atoms with van der Waals surface area (Å²) in [5.74, 6) is -0.0909. The second-order valence-electron chi connectivity index (χ2n) is 12.0. The summed E-state index contributed by atoms with van der Waals surface area (Å²) < 4.78 is 5.70. The summed E-state index contributed by atoms with van der Waals surface area (Å²) >= 11 is 0. The van der Waals surface area contributed by atoms with Crippen LogP contribution in [0.25, 0.3) is 22.4 Å². The van der Waals surface area contributed by atoms with Gasteiger partial charge >= 0.3 is 12.1 Å². The minimum Gasteiger partial charge on any atom is -0.444 e. The van der Waals surface area contributed by atoms with Gasteiger partial charge in [-0.25, -0.2) is 9.59 Å². The van der Waals surface area contributed by atoms with E-state index in [4.69, 9.17) is 4.74 Å². The van der Waals surface area contributed by atoms with Gasteiger partial charge in [-0.2, -0.15) is 5.10 Å². The lowest BCUT2D eigenvalue weighted by Crippen LogP contribution is -2.49. The van der Waals surface area contributed by atoms with Crippen molar-refractivity contribution >= 4 is 12.1 Å². The monoisotopic (exact) mass is 564 g/mol. The molecule has 0 aliphatic carbocycles. The van der Waals surface area contributed by atoms with Gasteiger partial charge in [0.1, 0.15) is 5.60 Å². The highest BCUT2D eigenvalue weighted by Gasteiger charge is 2.40. The molecule has 9 heteroatoms. The molecule has 2 aromatic heterocycles. The zero-order valence-corrected chi connectivity index (χ0v) is 24.2. The van der Waals surface area contributed by atoms with Crippen LogP contribution in [0.2, 0.25) is 0 Å². The number of benzene rings is 2. The number of carbonyl (C=O) groups is 2. The highest BCUT2D eigenvalue weighted by molar-refractivity contribution is 5.77. The number of hydrogen-bond donors (Lipinski definition) is 2. The first-order valence-electron chi connectivity index (χ1n) is 14.4. The molecule has 0 radical (unpaired) electrons. The van der Waals surface area contributed by atoms with E-state index in [2.05, 4.69) is 50.8 Å². The van der Waals surface area contributed by atoms with Gasteiger partial charge in [-0.3, -0.25) is 10.1 Å². The van der Waals surface area contributed by atoms with Crippen molar-refractivity contribution in [2.45, 2.75) is 51.3 Å². The molecule has 216 valence electrons. The van der Waals surface area contributed by atoms with Gasteiger partial charge in [0.15, 0.2) is 0 Å². The van der Waals surface area contributed by atoms with E-state index in [1.807, 2.05) is 62.1 Å². The average molecular weight is 565 g/mol. The molecule has 2 N–H and O–H groups in total. The number of H-pyrrole nitrogens is 1. The minimum absolute atomic E-state index is 0.0909. The third-order valence-electron chi connectivity index (χ3n) is 7.88. The molecule has 6 rings (SSSR count). The Bertz CT molecular complexity index is 1560. The van der Waals surface area contributed by atoms with E-state index < -0.39 is 5.60 Å². The molecule has 4 aromatic rings. The number of rotatable bonds is 4. The Hall–Kier alpha value is -4.66. The molecule has 0 spiro atoms. The predicted molar refractivity (Wildman–Crippen MR) is 161 cm³/mol. The van der Waals surface area contributed by atoms with Crippen LogP contribution in [0, 0.1) is 0 Å². The molecule has 0 saturated carbocycles. The van der Waals surface area contributed by atoms with Crippen molar-refractivity contribution in [1.82, 2.24) is 30.3 Å². The van der Waals surface area contributed by atoms with E-state index in [0.717, 1.165) is 39.2 Å². The van der Waals surface area contributed by atoms with E-state index in [0.29, 0.717) is 32.6 Å². The summed E-state index contributed by atoms with van der Waals surface area (Å²) in [4.78, 5) is 34.5. The van der Waals surface area contributed by atoms with Crippen LogP contribution in [0.5, 0.6) is 0 Å². The van der Waals surface area contributed by atoms with Gasteiger partial charge in [0.05, 0.1) is 18.3 Å². The lowest BCUT2D eigenvalue weighted by atomic mass is 9.91. The Morgan fingerprint density at radius 2 is 1.69 bits per heavy atom. The number of fused-ring (bicyclic) bond motifs is 1. The highest BCUT2D eigenvalue weighted by atomic mass is 16.6. The average Bonchev–Trinajstić information content (AvgIpc) is 3.62. The Morgan fingerprint density at radius 1 is 0.929 bits per heavy atom. The molecule has 3 amide bonds. The Kier molecular flexibility index (Phi) is 7.41. The summed E-state index contributed by atoms with van der Waals surface area (Å²) in [5, 5.41) is 11.0. The van der Waals surface area contributed by atoms with Gasteiger partial charge < -0.3 is 19.9 Å². The van der Waals surface area contributed by atoms with Crippen LogP contribution in [-0.2, 0) is 17.7 Å². The van der Waals surface area contributed by atoms with Crippen LogP contribution in [0.3, 0.4) is 0 Å². The maximum Gasteiger partial charge on any atom is 0.410 e. The topological polar surface area (TPSA) is 103 Å². The number of urea groups is 1. The van der Waals surface area contributed by atoms with Crippen LogP contribution in [0.4, 0.5) is 9.59 Å². The number of nitrogens with zero attached hydrogens (tertiary/aromatic N) is 4. The van der Waals surface area contributed by atoms with Crippen LogP contribution >= 0.6 is 0 Å². The molecule has 9 nitrogen and oxygen atoms in total. The van der Waals surface area contributed by atoms with Crippen LogP contribution < -0.4 is 5.32 Å². The number of likely N-dealkylation sites (tertiary alicyclic amines) is 1. The summed E-state index contributed by atoms with van der Waals surface area (Å²) in [6.45, 7) is 7.44. The van der Waals surface area contributed by atoms with Gasteiger partial charge in [0, 0.05) is 61.2 Å². The second-order valence-corrected chi connectivity index (χ2v) is 12.0. The lowest BCUT2D eigenvalue weighted by Gasteiger charge is -2.30. The number of aromatic nitrogens is 3. The molecular weight excluding hydrogens is 528 g/mol. The van der Waals surface area contributed by atoms with Gasteiger partial charge in [0.25, 0.3) is 0 Å². The lowest BCUT2D eigenvalue weighted by molar-refractivity contribution is 0.0289. The second kappa shape index (κ2) is 11.3. The summed E-state index contributed by atoms with van der Waals surface area (Å²) in [7, 11) is 0. The standard InChI is InChI=1S/C33H36N6O3/c1-33(2,3)42-32(41)39-19-26(25-11-7-10-24(18-25)22-8-5-4-6-9-22)29(21-39)35-31(40)38-17-14-28-27(20-38)30(37-36-28)23-12-15-34-16-13-23/h4-13,15-16,18,26,29H,14,17,19-21H2,1-3H3,(H,35,40)(H,36,37). The first kappa shape index (κ1) is 27.5. The molecular formula is C33H36N6O3. The summed E-state index contributed by atoms with van der Waals surface area (Å²) in [5.41, 5.74) is 6.57. The maximum absolute atomic E-state index is 13.7. The van der Waals surface area contributed by atoms with Gasteiger partial charge in [-0.05, 0) is 49.6 Å². The number of ether oxygens (including phenoxy) is 1. The molecule has 4 heterocycles. The fraction of sp³-hybridized carbons (Fsp3) is 0.333. The third kappa shape index (κ3) is 5.86. The number of carbonyl (C=O) groups excluding carboxylic acids is 2. The quantitative estimate of drug-likeness (QED) is 0.335. The molecule has 42 heavy (non-hydrogen) atoms. The SMILES string of the molecule is CC(C)(C)OC(=O)N1CC(NC(=O)N2CCc3[nH]nc(-c4ccncc4)c3C2)C(c2cccc(-c3ccccc3)c2)C1. The maximum atomic E-state index is 13.7. The fourth-order valence-electron chi connectivity index (χ4n) is 5.81. The molecule has 1 fully saturated rings. The predicted octanol–water partition coefficient (Wildman–Crippen LogP) is 5.61. The zero-order chi connectivity index (χ0) is 29.3. The van der Waals surface area contributed by atoms with Crippen molar-refractivity contribution in [3.05, 3.63) is 95.9 Å². The Labute approximate surface area is 245 Å². The fourth-order valence-corrected chi connectivity index (χ4v) is 5.81. The van der Waals surface area contributed by atoms with Crippen molar-refractivity contribution < 1.29 is 14.3 Å². The van der Waals surface area contributed by atoms with E-state index >= 15 is 0 Å². The van der Waals surface area contributed by atoms with Crippen molar-refractivity contribution in [1.29, 1.82) is 0 Å². The molecule has 2 aromatic carbocycles. The van der Waals surface area contributed by atoms with E-state index in [-0.39, 0.29) is 24.1 Å². The Balaban J connectivity index is 1.23. The van der Waals surface area contributed by atoms with Crippen molar-refractivity contribution in [2.24, 2.45) is 0 Å². The number of nitrogens with one attached hydrogen (secondary N) is 2. The van der Waals surface area contributed by atoms with Gasteiger partial charge in [-0.15, -0.1) is 0 Å². The number of hydrogen-bond acceptors (Lipinski definition) is 5. The van der Waals surface area contributed by atoms with Crippen molar-refractivity contribution in [2.75, 3.05) is 19.6 Å². The molecule has 0 bridgehead atoms. The van der Waals surface area contributed by atoms with Crippen molar-refractivity contribution in [3.8, 4) is 22.4 Å². The number of pyridine rings is 1. The van der Waals surface area contributed by atoms with E-state index in [1.165, 1.54) is 0 Å². The highest BCUT2D eigenvalue weighted by Crippen LogP contribution is 2.33. The number of amides is 3. The molecule has 2 aliphatic rings. The Morgan fingerprint density at radius 3 is 2.45 bits per heavy atom. The number of aromatic amines is 1. The van der Waals surface area contributed by atoms with Crippen LogP contribution in [0.1, 0.15) is 43.5 Å².